The number of ether oxygens (including phenoxy) is 1. The van der Waals surface area contributed by atoms with Gasteiger partial charge in [-0.25, -0.2) is 17.7 Å². The number of aryl methyl sites for hydroxylation is 2. The molecule has 250 valence electrons. The summed E-state index contributed by atoms with van der Waals surface area (Å²) in [5.41, 5.74) is 1.93. The van der Waals surface area contributed by atoms with E-state index in [0.29, 0.717) is 36.2 Å². The molecule has 0 unspecified atom stereocenters. The molecule has 1 aliphatic carbocycles. The maximum atomic E-state index is 13.5. The average Bonchev–Trinajstić information content (AvgIpc) is 3.38. The van der Waals surface area contributed by atoms with Gasteiger partial charge in [0.05, 0.1) is 5.75 Å². The van der Waals surface area contributed by atoms with E-state index in [1.807, 2.05) is 20.0 Å². The third kappa shape index (κ3) is 7.57. The predicted octanol–water partition coefficient (Wildman–Crippen LogP) is 5.43. The summed E-state index contributed by atoms with van der Waals surface area (Å²) in [6.07, 6.45) is 1.75. The quantitative estimate of drug-likeness (QED) is 0.377. The summed E-state index contributed by atoms with van der Waals surface area (Å²) in [6, 6.07) is 11.3. The van der Waals surface area contributed by atoms with Crippen molar-refractivity contribution in [3.05, 3.63) is 64.7 Å². The number of alkyl halides is 3. The van der Waals surface area contributed by atoms with Crippen LogP contribution in [0, 0.1) is 6.92 Å². The molecule has 1 saturated heterocycles. The average molecular weight is 662 g/mol. The van der Waals surface area contributed by atoms with E-state index in [2.05, 4.69) is 9.64 Å². The molecule has 2 heterocycles. The van der Waals surface area contributed by atoms with Gasteiger partial charge >= 0.3 is 6.36 Å². The van der Waals surface area contributed by atoms with Crippen molar-refractivity contribution in [1.29, 1.82) is 0 Å². The number of aliphatic imine (C=N–C) groups is 2. The fourth-order valence-electron chi connectivity index (χ4n) is 6.70. The van der Waals surface area contributed by atoms with Gasteiger partial charge in [-0.2, -0.15) is 0 Å². The second-order valence-electron chi connectivity index (χ2n) is 12.7. The molecule has 46 heavy (non-hydrogen) atoms. The van der Waals surface area contributed by atoms with E-state index in [9.17, 15) is 26.4 Å². The maximum absolute atomic E-state index is 13.5. The zero-order chi connectivity index (χ0) is 33.3. The summed E-state index contributed by atoms with van der Waals surface area (Å²) >= 11 is 0. The first-order valence-electron chi connectivity index (χ1n) is 15.7. The Morgan fingerprint density at radius 3 is 2.37 bits per heavy atom. The first kappa shape index (κ1) is 33.9. The van der Waals surface area contributed by atoms with E-state index in [0.717, 1.165) is 42.6 Å². The van der Waals surface area contributed by atoms with Crippen molar-refractivity contribution in [3.63, 3.8) is 0 Å². The topological polar surface area (TPSA) is 94.9 Å². The minimum absolute atomic E-state index is 0.0642. The van der Waals surface area contributed by atoms with E-state index in [-0.39, 0.29) is 36.5 Å². The highest BCUT2D eigenvalue weighted by atomic mass is 32.2. The Morgan fingerprint density at radius 1 is 1.04 bits per heavy atom. The van der Waals surface area contributed by atoms with Gasteiger partial charge in [0.1, 0.15) is 17.1 Å². The molecule has 0 N–H and O–H groups in total. The Morgan fingerprint density at radius 2 is 1.74 bits per heavy atom. The molecule has 1 spiro atoms. The van der Waals surface area contributed by atoms with Crippen molar-refractivity contribution in [2.24, 2.45) is 9.98 Å². The third-order valence-electron chi connectivity index (χ3n) is 9.30. The third-order valence-corrected chi connectivity index (χ3v) is 11.2. The number of hydrogen-bond donors (Lipinski definition) is 0. The summed E-state index contributed by atoms with van der Waals surface area (Å²) in [7, 11) is 1.78. The van der Waals surface area contributed by atoms with Crippen molar-refractivity contribution in [2.45, 2.75) is 76.2 Å². The SMILES string of the molecule is Cc1cc(C(=O)N(C)C)ccc1CCS(=O)(=O)N1CCC2(CC1)N=C(c1cccc(OC(F)(F)F)c1)N=C2N(C)C1CCCCC1. The first-order valence-corrected chi connectivity index (χ1v) is 17.4. The van der Waals surface area contributed by atoms with Crippen molar-refractivity contribution >= 4 is 27.6 Å². The molecule has 0 aromatic heterocycles. The van der Waals surface area contributed by atoms with Gasteiger partial charge in [-0.05, 0) is 74.4 Å². The lowest BCUT2D eigenvalue weighted by Crippen LogP contribution is -2.55. The van der Waals surface area contributed by atoms with Gasteiger partial charge in [0, 0.05) is 51.4 Å². The van der Waals surface area contributed by atoms with Crippen molar-refractivity contribution in [1.82, 2.24) is 14.1 Å². The highest BCUT2D eigenvalue weighted by Gasteiger charge is 2.47. The fourth-order valence-corrected chi connectivity index (χ4v) is 8.17. The number of hydrogen-bond acceptors (Lipinski definition) is 7. The molecule has 1 amide bonds. The Labute approximate surface area is 269 Å². The molecule has 1 saturated carbocycles. The summed E-state index contributed by atoms with van der Waals surface area (Å²) in [5, 5.41) is 0. The van der Waals surface area contributed by atoms with Crippen molar-refractivity contribution in [3.8, 4) is 5.75 Å². The van der Waals surface area contributed by atoms with Crippen LogP contribution >= 0.6 is 0 Å². The number of sulfonamides is 1. The van der Waals surface area contributed by atoms with Gasteiger partial charge in [0.15, 0.2) is 5.84 Å². The fraction of sp³-hybridized carbons (Fsp3) is 0.545. The molecule has 0 bridgehead atoms. The van der Waals surface area contributed by atoms with Crippen LogP contribution in [-0.2, 0) is 16.4 Å². The van der Waals surface area contributed by atoms with Crippen LogP contribution in [0.5, 0.6) is 5.75 Å². The van der Waals surface area contributed by atoms with E-state index in [1.54, 1.807) is 32.3 Å². The summed E-state index contributed by atoms with van der Waals surface area (Å²) < 4.78 is 71.5. The van der Waals surface area contributed by atoms with E-state index in [4.69, 9.17) is 9.98 Å². The first-order chi connectivity index (χ1) is 21.7. The number of halogens is 3. The zero-order valence-corrected chi connectivity index (χ0v) is 27.6. The molecule has 0 atom stereocenters. The summed E-state index contributed by atoms with van der Waals surface area (Å²) in [5.74, 6) is 0.554. The number of nitrogens with zero attached hydrogens (tertiary/aromatic N) is 5. The van der Waals surface area contributed by atoms with Gasteiger partial charge in [-0.3, -0.25) is 9.79 Å². The number of likely N-dealkylation sites (N-methyl/N-ethyl adjacent to an activating group) is 1. The normalized spacial score (nSPS) is 19.1. The van der Waals surface area contributed by atoms with Crippen LogP contribution in [-0.4, -0.2) is 98.0 Å². The molecular weight excluding hydrogens is 619 g/mol. The van der Waals surface area contributed by atoms with Crippen LogP contribution < -0.4 is 4.74 Å². The molecule has 3 aliphatic rings. The number of carbonyl (C=O) groups excluding carboxylic acids is 1. The van der Waals surface area contributed by atoms with Gasteiger partial charge in [0.25, 0.3) is 5.91 Å². The molecule has 5 rings (SSSR count). The van der Waals surface area contributed by atoms with Crippen LogP contribution in [0.3, 0.4) is 0 Å². The van der Waals surface area contributed by atoms with Crippen LogP contribution in [0.15, 0.2) is 52.4 Å². The van der Waals surface area contributed by atoms with Crippen LogP contribution in [0.1, 0.15) is 72.0 Å². The van der Waals surface area contributed by atoms with Gasteiger partial charge < -0.3 is 14.5 Å². The Bertz CT molecular complexity index is 1610. The van der Waals surface area contributed by atoms with Gasteiger partial charge in [-0.15, -0.1) is 13.2 Å². The van der Waals surface area contributed by atoms with E-state index < -0.39 is 21.9 Å². The lowest BCUT2D eigenvalue weighted by atomic mass is 9.85. The minimum atomic E-state index is -4.82. The highest BCUT2D eigenvalue weighted by molar-refractivity contribution is 7.89. The Kier molecular flexibility index (Phi) is 9.84. The molecular formula is C33H42F3N5O4S. The minimum Gasteiger partial charge on any atom is -0.406 e. The van der Waals surface area contributed by atoms with Gasteiger partial charge in [-0.1, -0.05) is 37.5 Å². The van der Waals surface area contributed by atoms with Crippen LogP contribution in [0.25, 0.3) is 0 Å². The van der Waals surface area contributed by atoms with E-state index in [1.165, 1.54) is 33.8 Å². The standard InChI is InChI=1S/C33H42F3N5O4S/c1-23-21-26(30(42)39(2)3)14-13-24(23)15-20-46(43,44)41-18-16-32(17-19-41)31(40(4)27-10-6-5-7-11-27)37-29(38-32)25-9-8-12-28(22-25)45-33(34,35)36/h8-9,12-14,21-22,27H,5-7,10-11,15-20H2,1-4H3. The van der Waals surface area contributed by atoms with Crippen LogP contribution in [0.4, 0.5) is 13.2 Å². The second-order valence-corrected chi connectivity index (χ2v) is 14.8. The van der Waals surface area contributed by atoms with Crippen LogP contribution in [0.2, 0.25) is 0 Å². The number of amidine groups is 2. The smallest absolute Gasteiger partial charge is 0.406 e. The monoisotopic (exact) mass is 661 g/mol. The van der Waals surface area contributed by atoms with Crippen molar-refractivity contribution < 1.29 is 31.1 Å². The maximum Gasteiger partial charge on any atom is 0.573 e. The Balaban J connectivity index is 1.33. The number of benzene rings is 2. The van der Waals surface area contributed by atoms with E-state index >= 15 is 0 Å². The largest absolute Gasteiger partial charge is 0.573 e. The lowest BCUT2D eigenvalue weighted by molar-refractivity contribution is -0.274. The number of carbonyl (C=O) groups is 1. The highest BCUT2D eigenvalue weighted by Crippen LogP contribution is 2.38. The zero-order valence-electron chi connectivity index (χ0n) is 26.8. The molecule has 2 aromatic rings. The molecule has 9 nitrogen and oxygen atoms in total. The molecule has 2 aliphatic heterocycles. The predicted molar refractivity (Wildman–Crippen MR) is 172 cm³/mol. The number of amides is 1. The second kappa shape index (κ2) is 13.3. The molecule has 13 heteroatoms. The molecule has 2 aromatic carbocycles. The summed E-state index contributed by atoms with van der Waals surface area (Å²) in [6.45, 7) is 2.38. The summed E-state index contributed by atoms with van der Waals surface area (Å²) in [4.78, 5) is 25.9. The number of rotatable bonds is 8. The molecule has 2 fully saturated rings. The molecule has 0 radical (unpaired) electrons. The number of piperidine rings is 1. The van der Waals surface area contributed by atoms with Crippen molar-refractivity contribution in [2.75, 3.05) is 40.0 Å². The Hall–Kier alpha value is -3.45. The van der Waals surface area contributed by atoms with Gasteiger partial charge in [0.2, 0.25) is 10.0 Å². The lowest BCUT2D eigenvalue weighted by Gasteiger charge is -2.42.